The molecule has 0 saturated carbocycles. The van der Waals surface area contributed by atoms with Gasteiger partial charge < -0.3 is 15.8 Å². The van der Waals surface area contributed by atoms with E-state index in [2.05, 4.69) is 4.98 Å². The molecule has 1 aromatic heterocycles. The smallest absolute Gasteiger partial charge is 0.341 e. The van der Waals surface area contributed by atoms with E-state index in [4.69, 9.17) is 10.8 Å². The third-order valence-electron chi connectivity index (χ3n) is 2.35. The zero-order valence-electron chi connectivity index (χ0n) is 8.81. The molecule has 2 rings (SSSR count). The zero-order valence-corrected chi connectivity index (χ0v) is 8.81. The maximum atomic E-state index is 11.3. The van der Waals surface area contributed by atoms with Gasteiger partial charge in [0.1, 0.15) is 5.56 Å². The molecule has 1 aromatic carbocycles. The largest absolute Gasteiger partial charge is 0.477 e. The molecule has 1 heterocycles. The lowest BCUT2D eigenvalue weighted by Crippen LogP contribution is -2.16. The average Bonchev–Trinajstić information content (AvgIpc) is 2.29. The number of carboxylic acids is 1. The first-order chi connectivity index (χ1) is 8.08. The lowest BCUT2D eigenvalue weighted by molar-refractivity contribution is 0.0695. The Bertz CT molecular complexity index is 632. The van der Waals surface area contributed by atoms with E-state index in [1.54, 1.807) is 24.3 Å². The number of hydrogen-bond donors (Lipinski definition) is 3. The minimum atomic E-state index is -1.25. The maximum absolute atomic E-state index is 11.3. The highest BCUT2D eigenvalue weighted by atomic mass is 16.4. The number of nitrogen functional groups attached to an aromatic ring is 1. The summed E-state index contributed by atoms with van der Waals surface area (Å²) in [5.41, 5.74) is 6.66. The number of aromatic nitrogens is 1. The number of aromatic amines is 1. The molecular weight excluding hydrogens is 220 g/mol. The number of rotatable bonds is 2. The van der Waals surface area contributed by atoms with E-state index in [0.717, 1.165) is 5.56 Å². The van der Waals surface area contributed by atoms with E-state index in [-0.39, 0.29) is 5.56 Å². The fraction of sp³-hybridized carbons (Fsp3) is 0. The van der Waals surface area contributed by atoms with Crippen LogP contribution >= 0.6 is 0 Å². The first-order valence-corrected chi connectivity index (χ1v) is 4.90. The van der Waals surface area contributed by atoms with Gasteiger partial charge in [0.05, 0.1) is 0 Å². The molecule has 0 aliphatic rings. The van der Waals surface area contributed by atoms with Crippen LogP contribution in [0.4, 0.5) is 5.69 Å². The first kappa shape index (κ1) is 10.9. The summed E-state index contributed by atoms with van der Waals surface area (Å²) < 4.78 is 0. The summed E-state index contributed by atoms with van der Waals surface area (Å²) in [6.07, 6.45) is 1.46. The van der Waals surface area contributed by atoms with Crippen LogP contribution in [0.15, 0.2) is 41.3 Å². The van der Waals surface area contributed by atoms with Gasteiger partial charge in [0.25, 0.3) is 5.56 Å². The van der Waals surface area contributed by atoms with Crippen molar-refractivity contribution in [3.8, 4) is 11.1 Å². The summed E-state index contributed by atoms with van der Waals surface area (Å²) in [5.74, 6) is -1.25. The van der Waals surface area contributed by atoms with Crippen molar-refractivity contribution in [3.63, 3.8) is 0 Å². The molecule has 2 aromatic rings. The Kier molecular flexibility index (Phi) is 2.66. The SMILES string of the molecule is Nc1cccc(-c2c[nH]c(=O)c(C(=O)O)c2)c1. The van der Waals surface area contributed by atoms with Crippen molar-refractivity contribution < 1.29 is 9.90 Å². The molecule has 86 valence electrons. The Morgan fingerprint density at radius 2 is 2.00 bits per heavy atom. The summed E-state index contributed by atoms with van der Waals surface area (Å²) in [5, 5.41) is 8.85. The highest BCUT2D eigenvalue weighted by Crippen LogP contribution is 2.20. The number of nitrogens with one attached hydrogen (secondary N) is 1. The van der Waals surface area contributed by atoms with Crippen molar-refractivity contribution in [1.82, 2.24) is 4.98 Å². The third kappa shape index (κ3) is 2.17. The molecule has 5 heteroatoms. The van der Waals surface area contributed by atoms with Crippen LogP contribution in [-0.2, 0) is 0 Å². The second-order valence-corrected chi connectivity index (χ2v) is 3.56. The first-order valence-electron chi connectivity index (χ1n) is 4.90. The Hall–Kier alpha value is -2.56. The molecule has 0 unspecified atom stereocenters. The normalized spacial score (nSPS) is 10.1. The van der Waals surface area contributed by atoms with Gasteiger partial charge in [0, 0.05) is 11.9 Å². The highest BCUT2D eigenvalue weighted by Gasteiger charge is 2.10. The predicted octanol–water partition coefficient (Wildman–Crippen LogP) is 1.32. The van der Waals surface area contributed by atoms with Crippen molar-refractivity contribution in [2.45, 2.75) is 0 Å². The van der Waals surface area contributed by atoms with Gasteiger partial charge in [-0.25, -0.2) is 4.79 Å². The standard InChI is InChI=1S/C12H10N2O3/c13-9-3-1-2-7(4-9)8-5-10(12(16)17)11(15)14-6-8/h1-6H,13H2,(H,14,15)(H,16,17). The molecular formula is C12H10N2O3. The lowest BCUT2D eigenvalue weighted by Gasteiger charge is -2.03. The Balaban J connectivity index is 2.58. The van der Waals surface area contributed by atoms with Crippen LogP contribution in [-0.4, -0.2) is 16.1 Å². The van der Waals surface area contributed by atoms with E-state index in [0.29, 0.717) is 11.3 Å². The van der Waals surface area contributed by atoms with Gasteiger partial charge in [-0.3, -0.25) is 4.79 Å². The highest BCUT2D eigenvalue weighted by molar-refractivity contribution is 5.88. The van der Waals surface area contributed by atoms with Crippen LogP contribution in [0.25, 0.3) is 11.1 Å². The summed E-state index contributed by atoms with van der Waals surface area (Å²) in [6, 6.07) is 8.31. The molecule has 5 nitrogen and oxygen atoms in total. The number of H-pyrrole nitrogens is 1. The summed E-state index contributed by atoms with van der Waals surface area (Å²) in [6.45, 7) is 0. The van der Waals surface area contributed by atoms with E-state index in [9.17, 15) is 9.59 Å². The lowest BCUT2D eigenvalue weighted by atomic mass is 10.1. The van der Waals surface area contributed by atoms with Crippen LogP contribution in [0.2, 0.25) is 0 Å². The van der Waals surface area contributed by atoms with Gasteiger partial charge in [-0.1, -0.05) is 12.1 Å². The molecule has 0 amide bonds. The number of benzene rings is 1. The molecule has 4 N–H and O–H groups in total. The number of anilines is 1. The van der Waals surface area contributed by atoms with Gasteiger partial charge >= 0.3 is 5.97 Å². The summed E-state index contributed by atoms with van der Waals surface area (Å²) in [4.78, 5) is 24.5. The Morgan fingerprint density at radius 3 is 2.65 bits per heavy atom. The van der Waals surface area contributed by atoms with Gasteiger partial charge in [0.15, 0.2) is 0 Å². The number of hydrogen-bond acceptors (Lipinski definition) is 3. The molecule has 0 fully saturated rings. The van der Waals surface area contributed by atoms with Crippen molar-refractivity contribution in [3.05, 3.63) is 52.4 Å². The van der Waals surface area contributed by atoms with Crippen LogP contribution in [0.5, 0.6) is 0 Å². The number of aromatic carboxylic acids is 1. The minimum absolute atomic E-state index is 0.287. The van der Waals surface area contributed by atoms with Gasteiger partial charge in [-0.2, -0.15) is 0 Å². The number of pyridine rings is 1. The molecule has 0 aliphatic heterocycles. The Labute approximate surface area is 96.5 Å². The topological polar surface area (TPSA) is 96.2 Å². The average molecular weight is 230 g/mol. The monoisotopic (exact) mass is 230 g/mol. The number of nitrogens with two attached hydrogens (primary N) is 1. The summed E-state index contributed by atoms with van der Waals surface area (Å²) in [7, 11) is 0. The fourth-order valence-electron chi connectivity index (χ4n) is 1.53. The predicted molar refractivity (Wildman–Crippen MR) is 63.9 cm³/mol. The molecule has 0 saturated heterocycles. The maximum Gasteiger partial charge on any atom is 0.341 e. The molecule has 0 bridgehead atoms. The second kappa shape index (κ2) is 4.13. The third-order valence-corrected chi connectivity index (χ3v) is 2.35. The quantitative estimate of drug-likeness (QED) is 0.678. The van der Waals surface area contributed by atoms with E-state index >= 15 is 0 Å². The van der Waals surface area contributed by atoms with E-state index in [1.807, 2.05) is 0 Å². The van der Waals surface area contributed by atoms with E-state index < -0.39 is 11.5 Å². The second-order valence-electron chi connectivity index (χ2n) is 3.56. The van der Waals surface area contributed by atoms with Crippen LogP contribution in [0.1, 0.15) is 10.4 Å². The van der Waals surface area contributed by atoms with E-state index in [1.165, 1.54) is 12.3 Å². The Morgan fingerprint density at radius 1 is 1.24 bits per heavy atom. The molecule has 0 spiro atoms. The number of carbonyl (C=O) groups is 1. The molecule has 17 heavy (non-hydrogen) atoms. The molecule has 0 radical (unpaired) electrons. The van der Waals surface area contributed by atoms with Crippen molar-refractivity contribution in [2.75, 3.05) is 5.73 Å². The zero-order chi connectivity index (χ0) is 12.4. The number of carboxylic acid groups (broad SMARTS) is 1. The minimum Gasteiger partial charge on any atom is -0.477 e. The van der Waals surface area contributed by atoms with Crippen molar-refractivity contribution in [2.24, 2.45) is 0 Å². The van der Waals surface area contributed by atoms with Crippen LogP contribution in [0, 0.1) is 0 Å². The van der Waals surface area contributed by atoms with Crippen molar-refractivity contribution in [1.29, 1.82) is 0 Å². The van der Waals surface area contributed by atoms with Crippen molar-refractivity contribution >= 4 is 11.7 Å². The van der Waals surface area contributed by atoms with Gasteiger partial charge in [0.2, 0.25) is 0 Å². The van der Waals surface area contributed by atoms with Gasteiger partial charge in [-0.05, 0) is 29.3 Å². The van der Waals surface area contributed by atoms with Crippen LogP contribution in [0.3, 0.4) is 0 Å². The summed E-state index contributed by atoms with van der Waals surface area (Å²) >= 11 is 0. The fourth-order valence-corrected chi connectivity index (χ4v) is 1.53. The van der Waals surface area contributed by atoms with Gasteiger partial charge in [-0.15, -0.1) is 0 Å². The van der Waals surface area contributed by atoms with Crippen LogP contribution < -0.4 is 11.3 Å². The molecule has 0 atom stereocenters. The molecule has 0 aliphatic carbocycles.